The monoisotopic (exact) mass is 257 g/mol. The Morgan fingerprint density at radius 2 is 2.00 bits per heavy atom. The maximum atomic E-state index is 11.8. The van der Waals surface area contributed by atoms with Crippen LogP contribution < -0.4 is 5.73 Å². The van der Waals surface area contributed by atoms with Crippen LogP contribution in [0.3, 0.4) is 0 Å². The lowest BCUT2D eigenvalue weighted by Crippen LogP contribution is -2.48. The zero-order chi connectivity index (χ0) is 13.8. The topological polar surface area (TPSA) is 58.8 Å². The second kappa shape index (κ2) is 6.50. The number of hydrogen-bond acceptors (Lipinski definition) is 4. The first-order chi connectivity index (χ1) is 8.32. The van der Waals surface area contributed by atoms with Gasteiger partial charge in [-0.05, 0) is 12.3 Å². The van der Waals surface area contributed by atoms with Gasteiger partial charge < -0.3 is 15.4 Å². The van der Waals surface area contributed by atoms with Gasteiger partial charge in [0, 0.05) is 33.2 Å². The Hall–Kier alpha value is -0.650. The second-order valence-electron chi connectivity index (χ2n) is 6.04. The molecular weight excluding hydrogens is 230 g/mol. The molecule has 0 aliphatic carbocycles. The Balaban J connectivity index is 2.44. The summed E-state index contributed by atoms with van der Waals surface area (Å²) in [5.41, 5.74) is 5.69. The van der Waals surface area contributed by atoms with Crippen LogP contribution in [-0.2, 0) is 9.53 Å². The van der Waals surface area contributed by atoms with Crippen molar-refractivity contribution in [2.75, 3.05) is 46.4 Å². The fourth-order valence-corrected chi connectivity index (χ4v) is 2.48. The third kappa shape index (κ3) is 4.92. The molecule has 1 rings (SSSR count). The molecule has 0 aromatic heterocycles. The van der Waals surface area contributed by atoms with Gasteiger partial charge in [-0.2, -0.15) is 0 Å². The molecule has 1 saturated heterocycles. The molecule has 1 aliphatic rings. The van der Waals surface area contributed by atoms with E-state index in [9.17, 15) is 4.79 Å². The molecule has 1 amide bonds. The highest BCUT2D eigenvalue weighted by molar-refractivity contribution is 5.80. The van der Waals surface area contributed by atoms with Crippen molar-refractivity contribution in [1.29, 1.82) is 0 Å². The van der Waals surface area contributed by atoms with Gasteiger partial charge in [-0.25, -0.2) is 0 Å². The number of amides is 1. The summed E-state index contributed by atoms with van der Waals surface area (Å²) in [5.74, 6) is 0.00468. The molecule has 18 heavy (non-hydrogen) atoms. The maximum absolute atomic E-state index is 11.8. The lowest BCUT2D eigenvalue weighted by atomic mass is 9.91. The maximum Gasteiger partial charge on any atom is 0.238 e. The van der Waals surface area contributed by atoms with Gasteiger partial charge in [-0.1, -0.05) is 13.8 Å². The number of ether oxygens (including phenoxy) is 1. The van der Waals surface area contributed by atoms with Crippen LogP contribution in [0.25, 0.3) is 0 Å². The summed E-state index contributed by atoms with van der Waals surface area (Å²) in [7, 11) is 1.83. The molecule has 1 aliphatic heterocycles. The minimum absolute atomic E-state index is 0.00468. The Labute approximate surface area is 110 Å². The molecule has 0 saturated carbocycles. The van der Waals surface area contributed by atoms with Crippen molar-refractivity contribution in [3.63, 3.8) is 0 Å². The standard InChI is InChI=1S/C13H27N3O2/c1-11(14)12(17)15(4)9-13(2,3)10-16-5-7-18-8-6-16/h11H,5-10,14H2,1-4H3/t11-/m1/s1. The van der Waals surface area contributed by atoms with Gasteiger partial charge in [0.2, 0.25) is 5.91 Å². The van der Waals surface area contributed by atoms with E-state index in [0.717, 1.165) is 39.4 Å². The smallest absolute Gasteiger partial charge is 0.238 e. The summed E-state index contributed by atoms with van der Waals surface area (Å²) in [5, 5.41) is 0. The van der Waals surface area contributed by atoms with Gasteiger partial charge in [0.15, 0.2) is 0 Å². The first-order valence-electron chi connectivity index (χ1n) is 6.62. The van der Waals surface area contributed by atoms with Crippen LogP contribution in [-0.4, -0.2) is 68.2 Å². The molecule has 5 nitrogen and oxygen atoms in total. The number of hydrogen-bond donors (Lipinski definition) is 1. The largest absolute Gasteiger partial charge is 0.379 e. The first kappa shape index (κ1) is 15.4. The average Bonchev–Trinajstić information content (AvgIpc) is 2.27. The van der Waals surface area contributed by atoms with Crippen LogP contribution in [0, 0.1) is 5.41 Å². The molecule has 1 heterocycles. The van der Waals surface area contributed by atoms with Crippen molar-refractivity contribution >= 4 is 5.91 Å². The van der Waals surface area contributed by atoms with Crippen LogP contribution in [0.5, 0.6) is 0 Å². The fraction of sp³-hybridized carbons (Fsp3) is 0.923. The van der Waals surface area contributed by atoms with Crippen molar-refractivity contribution in [2.24, 2.45) is 11.1 Å². The quantitative estimate of drug-likeness (QED) is 0.762. The highest BCUT2D eigenvalue weighted by Gasteiger charge is 2.27. The summed E-state index contributed by atoms with van der Waals surface area (Å²) >= 11 is 0. The van der Waals surface area contributed by atoms with Crippen molar-refractivity contribution in [2.45, 2.75) is 26.8 Å². The predicted octanol–water partition coefficient (Wildman–Crippen LogP) is 0.150. The molecule has 2 N–H and O–H groups in total. The van der Waals surface area contributed by atoms with Gasteiger partial charge in [0.1, 0.15) is 0 Å². The molecule has 0 unspecified atom stereocenters. The first-order valence-corrected chi connectivity index (χ1v) is 6.62. The van der Waals surface area contributed by atoms with Crippen molar-refractivity contribution < 1.29 is 9.53 Å². The van der Waals surface area contributed by atoms with Gasteiger partial charge in [0.05, 0.1) is 19.3 Å². The van der Waals surface area contributed by atoms with Crippen molar-refractivity contribution in [3.05, 3.63) is 0 Å². The fourth-order valence-electron chi connectivity index (χ4n) is 2.48. The zero-order valence-electron chi connectivity index (χ0n) is 12.1. The van der Waals surface area contributed by atoms with E-state index >= 15 is 0 Å². The lowest BCUT2D eigenvalue weighted by Gasteiger charge is -2.37. The number of carbonyl (C=O) groups is 1. The molecule has 0 radical (unpaired) electrons. The Morgan fingerprint density at radius 3 is 2.50 bits per heavy atom. The van der Waals surface area contributed by atoms with Crippen LogP contribution in [0.2, 0.25) is 0 Å². The van der Waals surface area contributed by atoms with Gasteiger partial charge >= 0.3 is 0 Å². The normalized spacial score (nSPS) is 19.6. The van der Waals surface area contributed by atoms with E-state index in [-0.39, 0.29) is 11.3 Å². The highest BCUT2D eigenvalue weighted by atomic mass is 16.5. The lowest BCUT2D eigenvalue weighted by molar-refractivity contribution is -0.132. The van der Waals surface area contributed by atoms with Crippen LogP contribution >= 0.6 is 0 Å². The van der Waals surface area contributed by atoms with Crippen molar-refractivity contribution in [3.8, 4) is 0 Å². The molecule has 0 bridgehead atoms. The molecule has 0 spiro atoms. The van der Waals surface area contributed by atoms with Gasteiger partial charge in [0.25, 0.3) is 0 Å². The third-order valence-electron chi connectivity index (χ3n) is 3.19. The van der Waals surface area contributed by atoms with E-state index in [1.54, 1.807) is 11.8 Å². The summed E-state index contributed by atoms with van der Waals surface area (Å²) in [6.45, 7) is 11.4. The second-order valence-corrected chi connectivity index (χ2v) is 6.04. The Morgan fingerprint density at radius 1 is 1.44 bits per heavy atom. The van der Waals surface area contributed by atoms with Crippen molar-refractivity contribution in [1.82, 2.24) is 9.80 Å². The van der Waals surface area contributed by atoms with Gasteiger partial charge in [-0.3, -0.25) is 9.69 Å². The highest BCUT2D eigenvalue weighted by Crippen LogP contribution is 2.19. The number of nitrogens with zero attached hydrogens (tertiary/aromatic N) is 2. The van der Waals surface area contributed by atoms with E-state index in [1.165, 1.54) is 0 Å². The number of carbonyl (C=O) groups excluding carboxylic acids is 1. The molecule has 106 valence electrons. The number of likely N-dealkylation sites (N-methyl/N-ethyl adjacent to an activating group) is 1. The van der Waals surface area contributed by atoms with E-state index in [0.29, 0.717) is 0 Å². The number of morpholine rings is 1. The number of nitrogens with two attached hydrogens (primary N) is 1. The summed E-state index contributed by atoms with van der Waals surface area (Å²) in [4.78, 5) is 15.9. The molecule has 5 heteroatoms. The molecule has 1 fully saturated rings. The Bertz CT molecular complexity index is 273. The molecule has 0 aromatic carbocycles. The number of rotatable bonds is 5. The van der Waals surface area contributed by atoms with Crippen LogP contribution in [0.15, 0.2) is 0 Å². The predicted molar refractivity (Wildman–Crippen MR) is 72.3 cm³/mol. The van der Waals surface area contributed by atoms with E-state index < -0.39 is 6.04 Å². The molecule has 1 atom stereocenters. The molecule has 0 aromatic rings. The summed E-state index contributed by atoms with van der Waals surface area (Å²) < 4.78 is 5.34. The SMILES string of the molecule is C[C@@H](N)C(=O)N(C)CC(C)(C)CN1CCOCC1. The molecular formula is C13H27N3O2. The van der Waals surface area contributed by atoms with Gasteiger partial charge in [-0.15, -0.1) is 0 Å². The van der Waals surface area contributed by atoms with E-state index in [2.05, 4.69) is 18.7 Å². The third-order valence-corrected chi connectivity index (χ3v) is 3.19. The minimum atomic E-state index is -0.422. The van der Waals surface area contributed by atoms with E-state index in [1.807, 2.05) is 7.05 Å². The summed E-state index contributed by atoms with van der Waals surface area (Å²) in [6, 6.07) is -0.422. The van der Waals surface area contributed by atoms with Crippen LogP contribution in [0.1, 0.15) is 20.8 Å². The average molecular weight is 257 g/mol. The van der Waals surface area contributed by atoms with Crippen LogP contribution in [0.4, 0.5) is 0 Å². The minimum Gasteiger partial charge on any atom is -0.379 e. The Kier molecular flexibility index (Phi) is 5.56. The zero-order valence-corrected chi connectivity index (χ0v) is 12.1. The van der Waals surface area contributed by atoms with E-state index in [4.69, 9.17) is 10.5 Å². The summed E-state index contributed by atoms with van der Waals surface area (Å²) in [6.07, 6.45) is 0.